The van der Waals surface area contributed by atoms with Crippen molar-refractivity contribution in [2.24, 2.45) is 28.1 Å². The van der Waals surface area contributed by atoms with E-state index < -0.39 is 92.1 Å². The molecule has 0 aromatic heterocycles. The van der Waals surface area contributed by atoms with Gasteiger partial charge in [0.15, 0.2) is 0 Å². The lowest BCUT2D eigenvalue weighted by atomic mass is 9.97. The van der Waals surface area contributed by atoms with Gasteiger partial charge in [-0.3, -0.25) is 60.5 Å². The smallest absolute Gasteiger partial charge is 0.324 e. The van der Waals surface area contributed by atoms with Gasteiger partial charge in [-0.1, -0.05) is 119 Å². The van der Waals surface area contributed by atoms with Gasteiger partial charge in [0, 0.05) is 68.7 Å². The van der Waals surface area contributed by atoms with Crippen molar-refractivity contribution in [2.45, 2.75) is 284 Å². The molecule has 0 heterocycles. The summed E-state index contributed by atoms with van der Waals surface area (Å²) in [4.78, 5) is 112. The van der Waals surface area contributed by atoms with Crippen molar-refractivity contribution < 1.29 is 147 Å². The zero-order chi connectivity index (χ0) is 103. The van der Waals surface area contributed by atoms with E-state index in [1.54, 1.807) is 105 Å². The standard InChI is InChI=1S/C22H36O5S.C18H33ClO4.C11H19BrO4S.C11H19ClO4S.C9H18O5S2.C7H13ClO3.C6H11ClO3.C5H12O4S/c1-4-6-8-11-20(5-2)18-26-22(23)12-9-7-10-17-27-28(24,25)21-15-13-19(3)14-16-21;1-4-6-8-11-16(5-2)14-23-17(20)12-9-7-10-13-22-18(21)15(3)19;2*1-8(12)9(13)16-5-6-17-7-11(2,3)10(14)15-4;1-9(2,8(10)13-3)7-15-6-5-14-16(4,11)12;1-5(4-10-3)11-7(9)6(2)8;1-5(7)6(8)10-4-3-9-2;1-5(4-8-2)9-10(3,6)7/h13-16,20H,4-12,17-18H2,1-3H3;15-16H,4-14H2,1-3H3;2*8H,5-7H2,1-4H3;5-7H2,1-4H3;5-6H,4H2,1-3H3;5H,3-4H2,1-2H3;5H,4H2,1-3H3. The van der Waals surface area contributed by atoms with Crippen LogP contribution in [0.5, 0.6) is 0 Å². The Balaban J connectivity index is -0.000000277. The molecule has 0 N–H and O–H groups in total. The Bertz CT molecular complexity index is 3470. The van der Waals surface area contributed by atoms with Crippen LogP contribution in [0.15, 0.2) is 29.2 Å². The first kappa shape index (κ1) is 141. The fraction of sp³-hybridized carbons (Fsp3) is 0.820. The number of unbranched alkanes of at least 4 members (excludes halogenated alkanes) is 8. The van der Waals surface area contributed by atoms with Crippen molar-refractivity contribution in [1.29, 1.82) is 0 Å². The van der Waals surface area contributed by atoms with Crippen LogP contribution in [0.3, 0.4) is 0 Å². The molecule has 0 bridgehead atoms. The van der Waals surface area contributed by atoms with Gasteiger partial charge in [-0.15, -0.1) is 46.4 Å². The zero-order valence-corrected chi connectivity index (χ0v) is 92.7. The second-order valence-corrected chi connectivity index (χ2v) is 44.1. The van der Waals surface area contributed by atoms with Crippen molar-refractivity contribution in [3.63, 3.8) is 0 Å². The van der Waals surface area contributed by atoms with Gasteiger partial charge in [0.25, 0.3) is 30.4 Å². The van der Waals surface area contributed by atoms with Crippen LogP contribution >= 0.6 is 97.6 Å². The molecule has 9 atom stereocenters. The maximum atomic E-state index is 12.1. The molecular weight excluding hydrogens is 2000 g/mol. The van der Waals surface area contributed by atoms with Gasteiger partial charge in [0.2, 0.25) is 0 Å². The summed E-state index contributed by atoms with van der Waals surface area (Å²) in [5, 5.41) is -2.38. The molecule has 0 amide bonds. The Kier molecular flexibility index (Phi) is 92.4. The molecule has 43 heteroatoms. The number of halogens is 5. The van der Waals surface area contributed by atoms with Crippen LogP contribution in [0.2, 0.25) is 0 Å². The fourth-order valence-electron chi connectivity index (χ4n) is 9.39. The lowest BCUT2D eigenvalue weighted by Crippen LogP contribution is -2.28. The van der Waals surface area contributed by atoms with Crippen LogP contribution in [0.4, 0.5) is 0 Å². The number of aryl methyl sites for hydroxylation is 1. The number of ether oxygens (including phenoxy) is 13. The van der Waals surface area contributed by atoms with E-state index in [2.05, 4.69) is 75.7 Å². The van der Waals surface area contributed by atoms with Crippen molar-refractivity contribution in [1.82, 2.24) is 0 Å². The first-order valence-electron chi connectivity index (χ1n) is 43.9. The van der Waals surface area contributed by atoms with Gasteiger partial charge in [0.1, 0.15) is 52.3 Å². The maximum Gasteiger partial charge on any atom is 0.324 e. The van der Waals surface area contributed by atoms with Gasteiger partial charge in [-0.25, -0.2) is 0 Å². The Labute approximate surface area is 832 Å². The first-order valence-corrected chi connectivity index (χ1v) is 55.1. The molecular formula is C89H161BrCl4O32S6. The lowest BCUT2D eigenvalue weighted by Gasteiger charge is -2.20. The normalized spacial score (nSPS) is 13.3. The number of carbonyl (C=O) groups excluding carboxylic acids is 10. The molecule has 780 valence electrons. The highest BCUT2D eigenvalue weighted by molar-refractivity contribution is 9.10. The van der Waals surface area contributed by atoms with E-state index in [1.807, 2.05) is 34.6 Å². The van der Waals surface area contributed by atoms with Crippen LogP contribution in [0.1, 0.15) is 239 Å². The first-order chi connectivity index (χ1) is 61.4. The summed E-state index contributed by atoms with van der Waals surface area (Å²) in [6, 6.07) is 6.59. The van der Waals surface area contributed by atoms with E-state index in [9.17, 15) is 73.2 Å². The van der Waals surface area contributed by atoms with Crippen LogP contribution in [-0.2, 0) is 152 Å². The third-order valence-electron chi connectivity index (χ3n) is 17.1. The predicted octanol–water partition coefficient (Wildman–Crippen LogP) is 17.5. The highest BCUT2D eigenvalue weighted by Crippen LogP contribution is 2.27. The van der Waals surface area contributed by atoms with Gasteiger partial charge >= 0.3 is 59.7 Å². The Hall–Kier alpha value is -3.78. The van der Waals surface area contributed by atoms with Gasteiger partial charge in [-0.2, -0.15) is 60.5 Å². The number of alkyl halides is 5. The van der Waals surface area contributed by atoms with E-state index >= 15 is 0 Å². The number of benzene rings is 1. The second-order valence-electron chi connectivity index (χ2n) is 31.9. The zero-order valence-electron chi connectivity index (χ0n) is 83.2. The molecule has 0 spiro atoms. The number of methoxy groups -OCH3 is 6. The van der Waals surface area contributed by atoms with E-state index in [0.717, 1.165) is 69.4 Å². The molecule has 0 aliphatic carbocycles. The van der Waals surface area contributed by atoms with Crippen molar-refractivity contribution in [3.05, 3.63) is 29.8 Å². The summed E-state index contributed by atoms with van der Waals surface area (Å²) in [7, 11) is -1.71. The van der Waals surface area contributed by atoms with Crippen LogP contribution < -0.4 is 0 Å². The summed E-state index contributed by atoms with van der Waals surface area (Å²) in [6.45, 7) is 36.5. The molecule has 132 heavy (non-hydrogen) atoms. The minimum Gasteiger partial charge on any atom is -0.469 e. The number of esters is 10. The van der Waals surface area contributed by atoms with Crippen molar-refractivity contribution >= 4 is 188 Å². The summed E-state index contributed by atoms with van der Waals surface area (Å²) in [5.74, 6) is 1.69. The number of rotatable bonds is 62. The molecule has 0 fully saturated rings. The summed E-state index contributed by atoms with van der Waals surface area (Å²) >= 11 is 29.6. The van der Waals surface area contributed by atoms with Gasteiger partial charge < -0.3 is 61.6 Å². The summed E-state index contributed by atoms with van der Waals surface area (Å²) < 4.78 is 144. The minimum absolute atomic E-state index is 0.120. The Morgan fingerprint density at radius 3 is 1.08 bits per heavy atom. The summed E-state index contributed by atoms with van der Waals surface area (Å²) in [5.41, 5.74) is -0.600. The third-order valence-corrected chi connectivity index (χ3v) is 24.9. The van der Waals surface area contributed by atoms with Crippen molar-refractivity contribution in [3.8, 4) is 0 Å². The molecule has 32 nitrogen and oxygen atoms in total. The SMILES string of the molecule is CCCCCC(CC)COC(=O)CCCCCOC(=O)C(C)Cl.CCCCCC(CC)COC(=O)CCCCCOS(=O)(=O)c1ccc(C)cc1.COC(=O)C(C)(C)CSCCOC(=O)C(C)Br.COC(=O)C(C)(C)CSCCOC(=O)C(C)Cl.COC(=O)C(C)(C)CSCCOS(C)(=O)=O.COCC(C)OC(=O)C(C)Cl.COCC(C)OS(C)(=O)=O.COCCOC(=O)C(C)Cl. The Morgan fingerprint density at radius 1 is 0.394 bits per heavy atom. The molecule has 9 unspecified atom stereocenters. The third kappa shape index (κ3) is 91.3. The van der Waals surface area contributed by atoms with Gasteiger partial charge in [0.05, 0.1) is 114 Å². The monoisotopic (exact) mass is 2150 g/mol. The molecule has 0 radical (unpaired) electrons. The molecule has 1 aromatic rings. The largest absolute Gasteiger partial charge is 0.469 e. The number of thioether (sulfide) groups is 3. The minimum atomic E-state index is -3.70. The average Bonchev–Trinajstić information content (AvgIpc) is 0.848. The fourth-order valence-corrected chi connectivity index (χ4v) is 14.8. The lowest BCUT2D eigenvalue weighted by molar-refractivity contribution is -0.150. The van der Waals surface area contributed by atoms with E-state index in [4.69, 9.17) is 88.5 Å². The highest BCUT2D eigenvalue weighted by Gasteiger charge is 2.31. The Morgan fingerprint density at radius 2 is 0.750 bits per heavy atom. The summed E-state index contributed by atoms with van der Waals surface area (Å²) in [6.07, 6.45) is 18.2. The molecule has 0 saturated heterocycles. The van der Waals surface area contributed by atoms with E-state index in [1.165, 1.54) is 97.6 Å². The number of hydrogen-bond acceptors (Lipinski definition) is 35. The van der Waals surface area contributed by atoms with E-state index in [0.29, 0.717) is 118 Å². The average molecular weight is 2160 g/mol. The van der Waals surface area contributed by atoms with Crippen LogP contribution in [0.25, 0.3) is 0 Å². The molecule has 1 rings (SSSR count). The van der Waals surface area contributed by atoms with Gasteiger partial charge in [-0.05, 0) is 166 Å². The molecule has 0 aliphatic rings. The molecule has 0 aliphatic heterocycles. The number of carbonyl (C=O) groups is 10. The van der Waals surface area contributed by atoms with E-state index in [-0.39, 0.29) is 84.0 Å². The molecule has 0 saturated carbocycles. The number of hydrogen-bond donors (Lipinski definition) is 0. The quantitative estimate of drug-likeness (QED) is 0.0192. The van der Waals surface area contributed by atoms with Crippen LogP contribution in [0, 0.1) is 35.0 Å². The predicted molar refractivity (Wildman–Crippen MR) is 529 cm³/mol. The maximum absolute atomic E-state index is 12.1. The molecule has 1 aromatic carbocycles. The topological polar surface area (TPSA) is 421 Å². The highest BCUT2D eigenvalue weighted by atomic mass is 79.9. The second kappa shape index (κ2) is 86.3. The van der Waals surface area contributed by atoms with Crippen molar-refractivity contribution in [2.75, 3.05) is 162 Å². The van der Waals surface area contributed by atoms with Crippen LogP contribution in [-0.4, -0.2) is 286 Å².